The molecule has 1 amide bonds. The first kappa shape index (κ1) is 30.1. The summed E-state index contributed by atoms with van der Waals surface area (Å²) in [6, 6.07) is 36.3. The van der Waals surface area contributed by atoms with Gasteiger partial charge >= 0.3 is 11.8 Å². The monoisotopic (exact) mass is 602 g/mol. The van der Waals surface area contributed by atoms with Crippen LogP contribution in [0.3, 0.4) is 0 Å². The molecule has 5 aromatic rings. The van der Waals surface area contributed by atoms with Gasteiger partial charge in [-0.2, -0.15) is 0 Å². The van der Waals surface area contributed by atoms with Crippen molar-refractivity contribution in [3.63, 3.8) is 0 Å². The number of amides is 1. The summed E-state index contributed by atoms with van der Waals surface area (Å²) in [5.74, 6) is -0.374. The molecule has 230 valence electrons. The molecular weight excluding hydrogens is 564 g/mol. The highest BCUT2D eigenvalue weighted by Gasteiger charge is 2.36. The molecule has 2 heterocycles. The van der Waals surface area contributed by atoms with Crippen LogP contribution in [0.5, 0.6) is 0 Å². The summed E-state index contributed by atoms with van der Waals surface area (Å²) in [5.41, 5.74) is 3.67. The molecule has 3 unspecified atom stereocenters. The molecule has 0 radical (unpaired) electrons. The maximum atomic E-state index is 14.0. The highest BCUT2D eigenvalue weighted by atomic mass is 16.4. The summed E-state index contributed by atoms with van der Waals surface area (Å²) < 4.78 is 2.98. The lowest BCUT2D eigenvalue weighted by atomic mass is 9.92. The third-order valence-corrected chi connectivity index (χ3v) is 9.00. The number of imidazole rings is 1. The normalized spacial score (nSPS) is 17.4. The fraction of sp³-hybridized carbons (Fsp3) is 0.270. The van der Waals surface area contributed by atoms with Gasteiger partial charge in [-0.3, -0.25) is 14.3 Å². The second-order valence-electron chi connectivity index (χ2n) is 11.9. The number of benzene rings is 4. The van der Waals surface area contributed by atoms with Crippen LogP contribution in [0.25, 0.3) is 11.0 Å². The predicted molar refractivity (Wildman–Crippen MR) is 175 cm³/mol. The van der Waals surface area contributed by atoms with Gasteiger partial charge in [0.1, 0.15) is 0 Å². The van der Waals surface area contributed by atoms with Gasteiger partial charge in [0.05, 0.1) is 11.0 Å². The number of para-hydroxylation sites is 2. The Hall–Kier alpha value is -4.95. The summed E-state index contributed by atoms with van der Waals surface area (Å²) in [6.45, 7) is 3.93. The zero-order valence-electron chi connectivity index (χ0n) is 25.4. The predicted octanol–water partition coefficient (Wildman–Crippen LogP) is 6.66. The molecule has 0 saturated carbocycles. The minimum Gasteiger partial charge on any atom is -0.465 e. The van der Waals surface area contributed by atoms with Gasteiger partial charge < -0.3 is 10.0 Å². The lowest BCUT2D eigenvalue weighted by Gasteiger charge is -2.41. The zero-order valence-corrected chi connectivity index (χ0v) is 25.4. The summed E-state index contributed by atoms with van der Waals surface area (Å²) in [7, 11) is 0. The van der Waals surface area contributed by atoms with Crippen LogP contribution in [0.2, 0.25) is 0 Å². The van der Waals surface area contributed by atoms with E-state index in [4.69, 9.17) is 0 Å². The van der Waals surface area contributed by atoms with Crippen LogP contribution in [0.1, 0.15) is 53.7 Å². The average Bonchev–Trinajstić information content (AvgIpc) is 3.36. The van der Waals surface area contributed by atoms with Crippen LogP contribution in [0.4, 0.5) is 4.79 Å². The third-order valence-electron chi connectivity index (χ3n) is 9.00. The lowest BCUT2D eigenvalue weighted by Crippen LogP contribution is -2.49. The van der Waals surface area contributed by atoms with E-state index in [2.05, 4.69) is 36.1 Å². The maximum absolute atomic E-state index is 14.0. The first-order valence-corrected chi connectivity index (χ1v) is 15.5. The number of carbonyl (C=O) groups is 2. The van der Waals surface area contributed by atoms with Gasteiger partial charge in [-0.25, -0.2) is 14.2 Å². The molecule has 8 nitrogen and oxygen atoms in total. The first-order chi connectivity index (χ1) is 21.9. The summed E-state index contributed by atoms with van der Waals surface area (Å²) >= 11 is 0. The number of carboxylic acid groups (broad SMARTS) is 1. The van der Waals surface area contributed by atoms with Crippen molar-refractivity contribution in [1.82, 2.24) is 18.9 Å². The average molecular weight is 603 g/mol. The Morgan fingerprint density at radius 2 is 1.33 bits per heavy atom. The van der Waals surface area contributed by atoms with Crippen molar-refractivity contribution >= 4 is 23.0 Å². The molecule has 45 heavy (non-hydrogen) atoms. The van der Waals surface area contributed by atoms with Crippen molar-refractivity contribution in [2.24, 2.45) is 0 Å². The summed E-state index contributed by atoms with van der Waals surface area (Å²) in [6.07, 6.45) is 0.632. The summed E-state index contributed by atoms with van der Waals surface area (Å²) in [5, 5.41) is 10.2. The van der Waals surface area contributed by atoms with Gasteiger partial charge in [0, 0.05) is 43.3 Å². The molecule has 1 aliphatic rings. The smallest absolute Gasteiger partial charge is 0.407 e. The maximum Gasteiger partial charge on any atom is 0.407 e. The Bertz CT molecular complexity index is 1780. The van der Waals surface area contributed by atoms with Crippen molar-refractivity contribution < 1.29 is 14.7 Å². The van der Waals surface area contributed by atoms with Gasteiger partial charge in [-0.05, 0) is 61.6 Å². The number of piperidine rings is 1. The van der Waals surface area contributed by atoms with Crippen molar-refractivity contribution in [2.75, 3.05) is 6.54 Å². The molecule has 1 fully saturated rings. The topological polar surface area (TPSA) is 87.8 Å². The molecule has 0 spiro atoms. The van der Waals surface area contributed by atoms with E-state index in [1.54, 1.807) is 34.9 Å². The van der Waals surface area contributed by atoms with Crippen molar-refractivity contribution in [3.05, 3.63) is 142 Å². The Morgan fingerprint density at radius 1 is 0.800 bits per heavy atom. The molecule has 1 saturated heterocycles. The van der Waals surface area contributed by atoms with Gasteiger partial charge in [-0.15, -0.1) is 0 Å². The number of aromatic nitrogens is 2. The van der Waals surface area contributed by atoms with Crippen molar-refractivity contribution in [3.8, 4) is 0 Å². The fourth-order valence-corrected chi connectivity index (χ4v) is 6.72. The van der Waals surface area contributed by atoms with Crippen LogP contribution in [0, 0.1) is 0 Å². The van der Waals surface area contributed by atoms with E-state index in [0.717, 1.165) is 13.1 Å². The number of hydrogen-bond donors (Lipinski definition) is 1. The van der Waals surface area contributed by atoms with Crippen LogP contribution in [0.15, 0.2) is 120 Å². The molecule has 0 bridgehead atoms. The minimum atomic E-state index is -0.947. The second kappa shape index (κ2) is 13.4. The highest BCUT2D eigenvalue weighted by Crippen LogP contribution is 2.32. The van der Waals surface area contributed by atoms with Crippen molar-refractivity contribution in [1.29, 1.82) is 0 Å². The molecule has 1 N–H and O–H groups in total. The number of carbonyl (C=O) groups excluding carboxylic acids is 1. The molecule has 3 atom stereocenters. The minimum absolute atomic E-state index is 0.0498. The van der Waals surface area contributed by atoms with Crippen molar-refractivity contribution in [2.45, 2.75) is 57.4 Å². The lowest BCUT2D eigenvalue weighted by molar-refractivity contribution is 0.0686. The molecule has 4 aromatic carbocycles. The summed E-state index contributed by atoms with van der Waals surface area (Å²) in [4.78, 5) is 44.0. The van der Waals surface area contributed by atoms with Gasteiger partial charge in [-0.1, -0.05) is 91.0 Å². The molecule has 1 aromatic heterocycles. The highest BCUT2D eigenvalue weighted by molar-refractivity contribution is 6.01. The number of nitrogens with zero attached hydrogens (tertiary/aromatic N) is 4. The second-order valence-corrected chi connectivity index (χ2v) is 11.9. The van der Waals surface area contributed by atoms with E-state index in [9.17, 15) is 19.5 Å². The SMILES string of the molecule is CC(CC1CC(n2c(=O)n(C(=O)c3ccccc3)c3ccccc32)CCN1C(=O)O)N(Cc1ccccc1)Cc1ccccc1. The quantitative estimate of drug-likeness (QED) is 0.204. The molecule has 8 heteroatoms. The number of hydrogen-bond acceptors (Lipinski definition) is 4. The van der Waals surface area contributed by atoms with Crippen LogP contribution in [-0.4, -0.2) is 54.7 Å². The zero-order chi connectivity index (χ0) is 31.3. The number of fused-ring (bicyclic) bond motifs is 1. The Labute approximate surface area is 262 Å². The molecule has 0 aliphatic carbocycles. The number of rotatable bonds is 9. The largest absolute Gasteiger partial charge is 0.465 e. The van der Waals surface area contributed by atoms with E-state index in [1.165, 1.54) is 20.6 Å². The Balaban J connectivity index is 1.30. The van der Waals surface area contributed by atoms with Crippen LogP contribution in [-0.2, 0) is 13.1 Å². The van der Waals surface area contributed by atoms with E-state index in [-0.39, 0.29) is 29.7 Å². The fourth-order valence-electron chi connectivity index (χ4n) is 6.72. The van der Waals surface area contributed by atoms with E-state index in [0.29, 0.717) is 42.4 Å². The standard InChI is InChI=1S/C37H38N4O4/c1-27(38(25-28-13-5-2-6-14-28)26-29-15-7-3-8-16-29)23-32-24-31(21-22-39(32)37(44)45)40-33-19-11-12-20-34(33)41(36(40)43)35(42)30-17-9-4-10-18-30/h2-20,27,31-32H,21-26H2,1H3,(H,44,45). The van der Waals surface area contributed by atoms with Gasteiger partial charge in [0.25, 0.3) is 5.91 Å². The Kier molecular flexibility index (Phi) is 8.93. The van der Waals surface area contributed by atoms with E-state index >= 15 is 0 Å². The third kappa shape index (κ3) is 6.47. The van der Waals surface area contributed by atoms with Crippen LogP contribution >= 0.6 is 0 Å². The first-order valence-electron chi connectivity index (χ1n) is 15.5. The molecular formula is C37H38N4O4. The van der Waals surface area contributed by atoms with Gasteiger partial charge in [0.15, 0.2) is 0 Å². The van der Waals surface area contributed by atoms with Crippen LogP contribution < -0.4 is 5.69 Å². The van der Waals surface area contributed by atoms with E-state index in [1.807, 2.05) is 60.7 Å². The molecule has 6 rings (SSSR count). The van der Waals surface area contributed by atoms with E-state index < -0.39 is 6.09 Å². The van der Waals surface area contributed by atoms with Gasteiger partial charge in [0.2, 0.25) is 0 Å². The number of likely N-dealkylation sites (tertiary alicyclic amines) is 1. The molecule has 1 aliphatic heterocycles. The Morgan fingerprint density at radius 3 is 1.91 bits per heavy atom.